The fourth-order valence-corrected chi connectivity index (χ4v) is 2.81. The number of unbranched alkanes of at least 4 members (excludes halogenated alkanes) is 2. The zero-order valence-electron chi connectivity index (χ0n) is 11.3. The van der Waals surface area contributed by atoms with E-state index in [4.69, 9.17) is 0 Å². The molecule has 0 aliphatic heterocycles. The maximum absolute atomic E-state index is 12.9. The number of hydrogen-bond acceptors (Lipinski definition) is 3. The van der Waals surface area contributed by atoms with Crippen LogP contribution in [0.25, 0.3) is 0 Å². The molecule has 0 radical (unpaired) electrons. The minimum Gasteiger partial charge on any atom is -0.266 e. The first-order chi connectivity index (χ1) is 9.18. The van der Waals surface area contributed by atoms with Crippen LogP contribution in [0.2, 0.25) is 0 Å². The summed E-state index contributed by atoms with van der Waals surface area (Å²) >= 11 is 0. The fourth-order valence-electron chi connectivity index (χ4n) is 1.67. The van der Waals surface area contributed by atoms with Gasteiger partial charge in [-0.2, -0.15) is 21.6 Å². The minimum atomic E-state index is -4.73. The molecule has 1 aromatic carbocycles. The highest BCUT2D eigenvalue weighted by molar-refractivity contribution is 7.86. The second-order valence-electron chi connectivity index (χ2n) is 4.48. The summed E-state index contributed by atoms with van der Waals surface area (Å²) in [5.41, 5.74) is -0.852. The van der Waals surface area contributed by atoms with E-state index in [1.165, 1.54) is 13.0 Å². The highest BCUT2D eigenvalue weighted by Crippen LogP contribution is 2.35. The molecule has 0 heterocycles. The van der Waals surface area contributed by atoms with Gasteiger partial charge in [-0.25, -0.2) is 0 Å². The van der Waals surface area contributed by atoms with Crippen LogP contribution in [0, 0.1) is 6.92 Å². The summed E-state index contributed by atoms with van der Waals surface area (Å²) in [4.78, 5) is -0.827. The maximum Gasteiger partial charge on any atom is 0.417 e. The molecular weight excluding hydrogens is 293 g/mol. The van der Waals surface area contributed by atoms with E-state index in [-0.39, 0.29) is 6.61 Å². The van der Waals surface area contributed by atoms with Gasteiger partial charge in [-0.15, -0.1) is 0 Å². The van der Waals surface area contributed by atoms with Crippen LogP contribution in [0.15, 0.2) is 23.1 Å². The van der Waals surface area contributed by atoms with Crippen LogP contribution in [-0.2, 0) is 20.5 Å². The Morgan fingerprint density at radius 2 is 1.85 bits per heavy atom. The Balaban J connectivity index is 3.06. The Morgan fingerprint density at radius 1 is 1.20 bits per heavy atom. The molecule has 0 spiro atoms. The number of hydrogen-bond donors (Lipinski definition) is 0. The van der Waals surface area contributed by atoms with E-state index in [0.29, 0.717) is 12.0 Å². The molecule has 0 unspecified atom stereocenters. The van der Waals surface area contributed by atoms with Crippen molar-refractivity contribution in [2.45, 2.75) is 44.2 Å². The molecule has 0 atom stereocenters. The first-order valence-electron chi connectivity index (χ1n) is 6.25. The standard InChI is InChI=1S/C13H17F3O3S/c1-3-4-5-8-19-20(17,18)12-7-6-10(2)9-11(12)13(14,15)16/h6-7,9H,3-5,8H2,1-2H3. The van der Waals surface area contributed by atoms with Crippen molar-refractivity contribution in [3.05, 3.63) is 29.3 Å². The molecule has 1 rings (SSSR count). The van der Waals surface area contributed by atoms with Crippen molar-refractivity contribution in [2.75, 3.05) is 6.61 Å². The fraction of sp³-hybridized carbons (Fsp3) is 0.538. The molecule has 0 saturated heterocycles. The SMILES string of the molecule is CCCCCOS(=O)(=O)c1ccc(C)cc1C(F)(F)F. The lowest BCUT2D eigenvalue weighted by Crippen LogP contribution is -2.16. The van der Waals surface area contributed by atoms with Crippen molar-refractivity contribution in [1.29, 1.82) is 0 Å². The molecule has 0 fully saturated rings. The monoisotopic (exact) mass is 310 g/mol. The molecule has 0 aliphatic rings. The molecule has 20 heavy (non-hydrogen) atoms. The Bertz CT molecular complexity index is 550. The lowest BCUT2D eigenvalue weighted by atomic mass is 10.1. The van der Waals surface area contributed by atoms with Crippen LogP contribution in [-0.4, -0.2) is 15.0 Å². The van der Waals surface area contributed by atoms with Gasteiger partial charge in [0, 0.05) is 0 Å². The first kappa shape index (κ1) is 17.0. The second-order valence-corrected chi connectivity index (χ2v) is 6.06. The number of benzene rings is 1. The first-order valence-corrected chi connectivity index (χ1v) is 7.66. The second kappa shape index (κ2) is 6.58. The average Bonchev–Trinajstić information content (AvgIpc) is 2.33. The van der Waals surface area contributed by atoms with E-state index < -0.39 is 26.8 Å². The van der Waals surface area contributed by atoms with E-state index in [0.717, 1.165) is 25.0 Å². The molecule has 7 heteroatoms. The summed E-state index contributed by atoms with van der Waals surface area (Å²) in [6.45, 7) is 3.28. The third-order valence-electron chi connectivity index (χ3n) is 2.70. The maximum atomic E-state index is 12.9. The normalized spacial score (nSPS) is 12.7. The molecule has 0 amide bonds. The lowest BCUT2D eigenvalue weighted by Gasteiger charge is -2.14. The molecule has 0 saturated carbocycles. The minimum absolute atomic E-state index is 0.110. The van der Waals surface area contributed by atoms with Gasteiger partial charge in [-0.05, 0) is 25.5 Å². The smallest absolute Gasteiger partial charge is 0.266 e. The third-order valence-corrected chi connectivity index (χ3v) is 4.07. The average molecular weight is 310 g/mol. The van der Waals surface area contributed by atoms with Crippen LogP contribution < -0.4 is 0 Å². The van der Waals surface area contributed by atoms with E-state index in [1.54, 1.807) is 0 Å². The van der Waals surface area contributed by atoms with Gasteiger partial charge in [-0.1, -0.05) is 31.4 Å². The summed E-state index contributed by atoms with van der Waals surface area (Å²) in [6, 6.07) is 3.06. The summed E-state index contributed by atoms with van der Waals surface area (Å²) < 4.78 is 67.0. The topological polar surface area (TPSA) is 43.4 Å². The Hall–Kier alpha value is -1.08. The lowest BCUT2D eigenvalue weighted by molar-refractivity contribution is -0.140. The van der Waals surface area contributed by atoms with Gasteiger partial charge in [0.25, 0.3) is 10.1 Å². The van der Waals surface area contributed by atoms with E-state index in [9.17, 15) is 21.6 Å². The Labute approximate surface area is 116 Å². The van der Waals surface area contributed by atoms with Gasteiger partial charge in [0.15, 0.2) is 0 Å². The largest absolute Gasteiger partial charge is 0.417 e. The van der Waals surface area contributed by atoms with Crippen LogP contribution in [0.4, 0.5) is 13.2 Å². The Kier molecular flexibility index (Phi) is 5.59. The molecule has 0 aromatic heterocycles. The van der Waals surface area contributed by atoms with E-state index in [1.807, 2.05) is 6.92 Å². The van der Waals surface area contributed by atoms with E-state index >= 15 is 0 Å². The highest BCUT2D eigenvalue weighted by atomic mass is 32.2. The van der Waals surface area contributed by atoms with Crippen molar-refractivity contribution < 1.29 is 25.8 Å². The molecule has 0 aliphatic carbocycles. The Morgan fingerprint density at radius 3 is 2.40 bits per heavy atom. The highest BCUT2D eigenvalue weighted by Gasteiger charge is 2.37. The van der Waals surface area contributed by atoms with Gasteiger partial charge in [-0.3, -0.25) is 4.18 Å². The molecule has 0 N–H and O–H groups in total. The summed E-state index contributed by atoms with van der Waals surface area (Å²) in [5.74, 6) is 0. The number of rotatable bonds is 6. The zero-order chi connectivity index (χ0) is 15.4. The van der Waals surface area contributed by atoms with Gasteiger partial charge in [0.1, 0.15) is 4.90 Å². The van der Waals surface area contributed by atoms with Crippen LogP contribution in [0.5, 0.6) is 0 Å². The number of aryl methyl sites for hydroxylation is 1. The van der Waals surface area contributed by atoms with Crippen molar-refractivity contribution in [3.8, 4) is 0 Å². The van der Waals surface area contributed by atoms with Gasteiger partial charge in [0.2, 0.25) is 0 Å². The third kappa shape index (κ3) is 4.49. The molecule has 0 bridgehead atoms. The van der Waals surface area contributed by atoms with Crippen molar-refractivity contribution >= 4 is 10.1 Å². The van der Waals surface area contributed by atoms with Crippen LogP contribution in [0.3, 0.4) is 0 Å². The molecule has 114 valence electrons. The van der Waals surface area contributed by atoms with Crippen LogP contribution >= 0.6 is 0 Å². The molecular formula is C13H17F3O3S. The predicted octanol–water partition coefficient (Wildman–Crippen LogP) is 3.91. The number of halogens is 3. The van der Waals surface area contributed by atoms with E-state index in [2.05, 4.69) is 4.18 Å². The quantitative estimate of drug-likeness (QED) is 0.591. The molecule has 1 aromatic rings. The summed E-state index contributed by atoms with van der Waals surface area (Å²) in [5, 5.41) is 0. The molecule has 3 nitrogen and oxygen atoms in total. The summed E-state index contributed by atoms with van der Waals surface area (Å²) in [7, 11) is -4.39. The summed E-state index contributed by atoms with van der Waals surface area (Å²) in [6.07, 6.45) is -2.62. The van der Waals surface area contributed by atoms with Gasteiger partial charge in [0.05, 0.1) is 12.2 Å². The van der Waals surface area contributed by atoms with Crippen molar-refractivity contribution in [1.82, 2.24) is 0 Å². The zero-order valence-corrected chi connectivity index (χ0v) is 12.1. The predicted molar refractivity (Wildman–Crippen MR) is 68.8 cm³/mol. The van der Waals surface area contributed by atoms with Gasteiger partial charge >= 0.3 is 6.18 Å². The van der Waals surface area contributed by atoms with Gasteiger partial charge < -0.3 is 0 Å². The van der Waals surface area contributed by atoms with Crippen LogP contribution in [0.1, 0.15) is 37.3 Å². The van der Waals surface area contributed by atoms with Crippen molar-refractivity contribution in [2.24, 2.45) is 0 Å². The van der Waals surface area contributed by atoms with Crippen molar-refractivity contribution in [3.63, 3.8) is 0 Å². The number of alkyl halides is 3.